The van der Waals surface area contributed by atoms with Gasteiger partial charge >= 0.3 is 0 Å². The van der Waals surface area contributed by atoms with E-state index in [9.17, 15) is 4.79 Å². The summed E-state index contributed by atoms with van der Waals surface area (Å²) in [7, 11) is 0. The maximum absolute atomic E-state index is 12.3. The highest BCUT2D eigenvalue weighted by Crippen LogP contribution is 2.30. The third-order valence-electron chi connectivity index (χ3n) is 3.76. The number of hydrogen-bond acceptors (Lipinski definition) is 3. The Morgan fingerprint density at radius 2 is 1.61 bits per heavy atom. The Hall–Kier alpha value is -2.55. The number of fused-ring (bicyclic) bond motifs is 1. The average molecular weight is 308 g/mol. The second-order valence-corrected chi connectivity index (χ2v) is 5.53. The van der Waals surface area contributed by atoms with Crippen molar-refractivity contribution in [3.8, 4) is 11.5 Å². The number of rotatable bonds is 3. The van der Waals surface area contributed by atoms with E-state index in [-0.39, 0.29) is 5.78 Å². The Balaban J connectivity index is 1.77. The summed E-state index contributed by atoms with van der Waals surface area (Å²) in [6.07, 6.45) is 6.55. The topological polar surface area (TPSA) is 35.5 Å². The molecule has 0 radical (unpaired) electrons. The Bertz CT molecular complexity index is 689. The van der Waals surface area contributed by atoms with E-state index in [1.165, 1.54) is 0 Å². The number of ether oxygens (including phenoxy) is 2. The number of hydrogen-bond donors (Lipinski definition) is 0. The zero-order valence-electron chi connectivity index (χ0n) is 13.0. The van der Waals surface area contributed by atoms with Gasteiger partial charge in [0.15, 0.2) is 17.3 Å². The summed E-state index contributed by atoms with van der Waals surface area (Å²) in [5, 5.41) is 0. The van der Waals surface area contributed by atoms with E-state index in [1.54, 1.807) is 18.2 Å². The largest absolute Gasteiger partial charge is 0.490 e. The molecule has 1 aliphatic heterocycles. The van der Waals surface area contributed by atoms with Gasteiger partial charge in [0.25, 0.3) is 0 Å². The van der Waals surface area contributed by atoms with Gasteiger partial charge in [-0.15, -0.1) is 0 Å². The molecule has 3 heteroatoms. The lowest BCUT2D eigenvalue weighted by Gasteiger charge is -2.11. The highest BCUT2D eigenvalue weighted by molar-refractivity contribution is 6.07. The third kappa shape index (κ3) is 4.22. The van der Waals surface area contributed by atoms with E-state index in [2.05, 4.69) is 0 Å². The fourth-order valence-corrected chi connectivity index (χ4v) is 2.47. The maximum atomic E-state index is 12.3. The van der Waals surface area contributed by atoms with Gasteiger partial charge in [0.1, 0.15) is 0 Å². The zero-order chi connectivity index (χ0) is 15.9. The molecule has 2 aromatic rings. The first-order valence-electron chi connectivity index (χ1n) is 8.00. The molecule has 3 nitrogen and oxygen atoms in total. The van der Waals surface area contributed by atoms with Crippen LogP contribution in [0.4, 0.5) is 0 Å². The summed E-state index contributed by atoms with van der Waals surface area (Å²) in [4.78, 5) is 12.3. The third-order valence-corrected chi connectivity index (χ3v) is 3.76. The van der Waals surface area contributed by atoms with Crippen molar-refractivity contribution in [3.63, 3.8) is 0 Å². The van der Waals surface area contributed by atoms with Crippen molar-refractivity contribution in [2.75, 3.05) is 13.2 Å². The van der Waals surface area contributed by atoms with E-state index in [1.807, 2.05) is 42.5 Å². The zero-order valence-corrected chi connectivity index (χ0v) is 13.0. The molecule has 1 aliphatic rings. The molecule has 2 aromatic carbocycles. The Morgan fingerprint density at radius 1 is 0.870 bits per heavy atom. The lowest BCUT2D eigenvalue weighted by molar-refractivity contribution is 0.104. The van der Waals surface area contributed by atoms with Gasteiger partial charge in [-0.2, -0.15) is 0 Å². The first-order chi connectivity index (χ1) is 11.3. The van der Waals surface area contributed by atoms with Crippen molar-refractivity contribution in [3.05, 3.63) is 65.7 Å². The van der Waals surface area contributed by atoms with Gasteiger partial charge in [0.05, 0.1) is 13.2 Å². The molecule has 0 aromatic heterocycles. The molecule has 0 amide bonds. The van der Waals surface area contributed by atoms with Gasteiger partial charge in [-0.05, 0) is 49.1 Å². The maximum Gasteiger partial charge on any atom is 0.185 e. The van der Waals surface area contributed by atoms with Gasteiger partial charge in [0, 0.05) is 5.56 Å². The molecule has 0 N–H and O–H groups in total. The van der Waals surface area contributed by atoms with Crippen LogP contribution in [-0.4, -0.2) is 19.0 Å². The fraction of sp³-hybridized carbons (Fsp3) is 0.250. The number of benzene rings is 2. The summed E-state index contributed by atoms with van der Waals surface area (Å²) < 4.78 is 11.5. The molecule has 0 fully saturated rings. The Kier molecular flexibility index (Phi) is 5.09. The second-order valence-electron chi connectivity index (χ2n) is 5.53. The van der Waals surface area contributed by atoms with Crippen LogP contribution < -0.4 is 9.47 Å². The molecule has 0 saturated heterocycles. The van der Waals surface area contributed by atoms with Crippen LogP contribution in [0, 0.1) is 0 Å². The van der Waals surface area contributed by atoms with Crippen molar-refractivity contribution < 1.29 is 14.3 Å². The van der Waals surface area contributed by atoms with E-state index in [0.29, 0.717) is 24.5 Å². The monoisotopic (exact) mass is 308 g/mol. The SMILES string of the molecule is O=C(C=Cc1ccccc1)c1ccc2c(c1)OCCCCCO2. The van der Waals surface area contributed by atoms with Crippen molar-refractivity contribution in [1.82, 2.24) is 0 Å². The highest BCUT2D eigenvalue weighted by Gasteiger charge is 2.11. The Labute approximate surface area is 136 Å². The van der Waals surface area contributed by atoms with Crippen LogP contribution in [0.25, 0.3) is 6.08 Å². The predicted molar refractivity (Wildman–Crippen MR) is 91.1 cm³/mol. The predicted octanol–water partition coefficient (Wildman–Crippen LogP) is 4.52. The fourth-order valence-electron chi connectivity index (χ4n) is 2.47. The summed E-state index contributed by atoms with van der Waals surface area (Å²) in [6, 6.07) is 15.2. The van der Waals surface area contributed by atoms with Crippen LogP contribution in [0.1, 0.15) is 35.2 Å². The van der Waals surface area contributed by atoms with Crippen molar-refractivity contribution in [2.45, 2.75) is 19.3 Å². The molecule has 1 heterocycles. The molecule has 3 rings (SSSR count). The standard InChI is InChI=1S/C20H20O3/c21-18(11-9-16-7-3-1-4-8-16)17-10-12-19-20(15-17)23-14-6-2-5-13-22-19/h1,3-4,7-12,15H,2,5-6,13-14H2. The summed E-state index contributed by atoms with van der Waals surface area (Å²) >= 11 is 0. The van der Waals surface area contributed by atoms with Gasteiger partial charge < -0.3 is 9.47 Å². The normalized spacial score (nSPS) is 14.8. The van der Waals surface area contributed by atoms with Gasteiger partial charge in [-0.1, -0.05) is 36.4 Å². The highest BCUT2D eigenvalue weighted by atomic mass is 16.5. The molecular weight excluding hydrogens is 288 g/mol. The van der Waals surface area contributed by atoms with E-state index >= 15 is 0 Å². The molecule has 0 unspecified atom stereocenters. The molecule has 0 atom stereocenters. The molecule has 0 spiro atoms. The molecule has 118 valence electrons. The van der Waals surface area contributed by atoms with E-state index in [0.717, 1.165) is 30.6 Å². The van der Waals surface area contributed by atoms with Crippen LogP contribution in [0.3, 0.4) is 0 Å². The van der Waals surface area contributed by atoms with Crippen molar-refractivity contribution >= 4 is 11.9 Å². The number of allylic oxidation sites excluding steroid dienone is 1. The number of carbonyl (C=O) groups is 1. The van der Waals surface area contributed by atoms with Crippen LogP contribution in [-0.2, 0) is 0 Å². The molecule has 0 aliphatic carbocycles. The molecule has 23 heavy (non-hydrogen) atoms. The number of ketones is 1. The molecular formula is C20H20O3. The van der Waals surface area contributed by atoms with Crippen molar-refractivity contribution in [1.29, 1.82) is 0 Å². The van der Waals surface area contributed by atoms with Crippen molar-refractivity contribution in [2.24, 2.45) is 0 Å². The Morgan fingerprint density at radius 3 is 2.39 bits per heavy atom. The van der Waals surface area contributed by atoms with Crippen LogP contribution in [0.15, 0.2) is 54.6 Å². The van der Waals surface area contributed by atoms with Gasteiger partial charge in [-0.3, -0.25) is 4.79 Å². The van der Waals surface area contributed by atoms with Gasteiger partial charge in [0.2, 0.25) is 0 Å². The van der Waals surface area contributed by atoms with Gasteiger partial charge in [-0.25, -0.2) is 0 Å². The number of carbonyl (C=O) groups excluding carboxylic acids is 1. The summed E-state index contributed by atoms with van der Waals surface area (Å²) in [5.41, 5.74) is 1.61. The summed E-state index contributed by atoms with van der Waals surface area (Å²) in [5.74, 6) is 1.33. The molecule has 0 saturated carbocycles. The minimum Gasteiger partial charge on any atom is -0.490 e. The quantitative estimate of drug-likeness (QED) is 0.617. The van der Waals surface area contributed by atoms with Crippen LogP contribution in [0.2, 0.25) is 0 Å². The average Bonchev–Trinajstić information content (AvgIpc) is 2.71. The lowest BCUT2D eigenvalue weighted by atomic mass is 10.1. The van der Waals surface area contributed by atoms with E-state index in [4.69, 9.17) is 9.47 Å². The smallest absolute Gasteiger partial charge is 0.185 e. The first-order valence-corrected chi connectivity index (χ1v) is 8.00. The minimum absolute atomic E-state index is 0.0416. The first kappa shape index (κ1) is 15.3. The van der Waals surface area contributed by atoms with Crippen LogP contribution >= 0.6 is 0 Å². The van der Waals surface area contributed by atoms with Crippen LogP contribution in [0.5, 0.6) is 11.5 Å². The second kappa shape index (κ2) is 7.63. The minimum atomic E-state index is -0.0416. The summed E-state index contributed by atoms with van der Waals surface area (Å²) in [6.45, 7) is 1.35. The molecule has 0 bridgehead atoms. The lowest BCUT2D eigenvalue weighted by Crippen LogP contribution is -2.01. The van der Waals surface area contributed by atoms with E-state index < -0.39 is 0 Å².